The van der Waals surface area contributed by atoms with Crippen LogP contribution in [0.4, 0.5) is 4.79 Å². The molecule has 0 aromatic rings. The number of hydrogen-bond donors (Lipinski definition) is 4. The van der Waals surface area contributed by atoms with Crippen molar-refractivity contribution >= 4 is 6.09 Å². The van der Waals surface area contributed by atoms with Crippen LogP contribution >= 0.6 is 0 Å². The number of hydrogen-bond acceptors (Lipinski definition) is 4. The van der Waals surface area contributed by atoms with Gasteiger partial charge in [-0.2, -0.15) is 0 Å². The summed E-state index contributed by atoms with van der Waals surface area (Å²) in [5.41, 5.74) is 0. The first kappa shape index (κ1) is 16.1. The van der Waals surface area contributed by atoms with Crippen LogP contribution in [0.25, 0.3) is 0 Å². The SMILES string of the molecule is COCCCCNCCNCCCNC(=O)O. The van der Waals surface area contributed by atoms with Crippen LogP contribution in [0.1, 0.15) is 19.3 Å². The molecule has 0 aromatic carbocycles. The minimum Gasteiger partial charge on any atom is -0.465 e. The van der Waals surface area contributed by atoms with Gasteiger partial charge in [-0.3, -0.25) is 0 Å². The Bertz CT molecular complexity index is 179. The lowest BCUT2D eigenvalue weighted by Gasteiger charge is -2.06. The van der Waals surface area contributed by atoms with Crippen molar-refractivity contribution in [1.82, 2.24) is 16.0 Å². The number of amides is 1. The molecule has 0 atom stereocenters. The smallest absolute Gasteiger partial charge is 0.404 e. The van der Waals surface area contributed by atoms with Crippen LogP contribution < -0.4 is 16.0 Å². The Hall–Kier alpha value is -0.850. The van der Waals surface area contributed by atoms with Crippen LogP contribution in [-0.4, -0.2) is 57.6 Å². The van der Waals surface area contributed by atoms with Crippen molar-refractivity contribution in [2.24, 2.45) is 0 Å². The normalized spacial score (nSPS) is 10.4. The molecule has 1 amide bonds. The molecule has 0 unspecified atom stereocenters. The fourth-order valence-corrected chi connectivity index (χ4v) is 1.33. The molecule has 6 nitrogen and oxygen atoms in total. The second-order valence-corrected chi connectivity index (χ2v) is 3.79. The molecule has 0 aliphatic rings. The van der Waals surface area contributed by atoms with E-state index in [2.05, 4.69) is 16.0 Å². The quantitative estimate of drug-likeness (QED) is 0.372. The largest absolute Gasteiger partial charge is 0.465 e. The fraction of sp³-hybridized carbons (Fsp3) is 0.909. The molecule has 0 heterocycles. The summed E-state index contributed by atoms with van der Waals surface area (Å²) in [4.78, 5) is 10.1. The summed E-state index contributed by atoms with van der Waals surface area (Å²) in [6.45, 7) is 5.05. The molecule has 0 spiro atoms. The summed E-state index contributed by atoms with van der Waals surface area (Å²) in [5, 5.41) is 17.2. The zero-order valence-electron chi connectivity index (χ0n) is 10.6. The standard InChI is InChI=1S/C11H25N3O3/c1-17-10-3-2-5-12-8-9-13-6-4-7-14-11(15)16/h12-14H,2-10H2,1H3,(H,15,16). The highest BCUT2D eigenvalue weighted by Crippen LogP contribution is 1.85. The number of methoxy groups -OCH3 is 1. The van der Waals surface area contributed by atoms with E-state index in [4.69, 9.17) is 9.84 Å². The van der Waals surface area contributed by atoms with Crippen LogP contribution in [0.3, 0.4) is 0 Å². The highest BCUT2D eigenvalue weighted by molar-refractivity contribution is 5.64. The molecule has 102 valence electrons. The predicted molar refractivity (Wildman–Crippen MR) is 67.5 cm³/mol. The maximum absolute atomic E-state index is 10.1. The molecule has 4 N–H and O–H groups in total. The van der Waals surface area contributed by atoms with E-state index >= 15 is 0 Å². The van der Waals surface area contributed by atoms with Crippen molar-refractivity contribution < 1.29 is 14.6 Å². The van der Waals surface area contributed by atoms with Crippen molar-refractivity contribution in [2.75, 3.05) is 46.4 Å². The van der Waals surface area contributed by atoms with Crippen LogP contribution in [0.15, 0.2) is 0 Å². The van der Waals surface area contributed by atoms with Crippen molar-refractivity contribution in [3.05, 3.63) is 0 Å². The first-order valence-electron chi connectivity index (χ1n) is 6.14. The minimum atomic E-state index is -0.956. The third-order valence-corrected chi connectivity index (χ3v) is 2.24. The molecule has 0 bridgehead atoms. The lowest BCUT2D eigenvalue weighted by molar-refractivity contribution is 0.192. The molecular formula is C11H25N3O3. The zero-order chi connectivity index (χ0) is 12.8. The van der Waals surface area contributed by atoms with Gasteiger partial charge in [-0.15, -0.1) is 0 Å². The van der Waals surface area contributed by atoms with E-state index in [0.717, 1.165) is 52.0 Å². The number of ether oxygens (including phenoxy) is 1. The highest BCUT2D eigenvalue weighted by atomic mass is 16.5. The van der Waals surface area contributed by atoms with E-state index in [1.165, 1.54) is 0 Å². The first-order chi connectivity index (χ1) is 8.27. The van der Waals surface area contributed by atoms with Crippen LogP contribution in [0.5, 0.6) is 0 Å². The number of nitrogens with one attached hydrogen (secondary N) is 3. The summed E-state index contributed by atoms with van der Waals surface area (Å²) in [5.74, 6) is 0. The molecule has 6 heteroatoms. The van der Waals surface area contributed by atoms with Gasteiger partial charge in [-0.1, -0.05) is 0 Å². The van der Waals surface area contributed by atoms with E-state index in [-0.39, 0.29) is 0 Å². The van der Waals surface area contributed by atoms with Crippen molar-refractivity contribution in [3.8, 4) is 0 Å². The summed E-state index contributed by atoms with van der Waals surface area (Å²) < 4.78 is 4.95. The van der Waals surface area contributed by atoms with Gasteiger partial charge >= 0.3 is 6.09 Å². The number of rotatable bonds is 12. The van der Waals surface area contributed by atoms with Gasteiger partial charge in [0, 0.05) is 33.4 Å². The van der Waals surface area contributed by atoms with E-state index in [0.29, 0.717) is 6.54 Å². The first-order valence-corrected chi connectivity index (χ1v) is 6.14. The molecule has 0 radical (unpaired) electrons. The van der Waals surface area contributed by atoms with E-state index in [1.807, 2.05) is 0 Å². The van der Waals surface area contributed by atoms with Gasteiger partial charge in [0.25, 0.3) is 0 Å². The Morgan fingerprint density at radius 1 is 1.00 bits per heavy atom. The molecule has 0 aliphatic heterocycles. The van der Waals surface area contributed by atoms with E-state index < -0.39 is 6.09 Å². The topological polar surface area (TPSA) is 82.6 Å². The maximum Gasteiger partial charge on any atom is 0.404 e. The average molecular weight is 247 g/mol. The average Bonchev–Trinajstić information content (AvgIpc) is 2.30. The summed E-state index contributed by atoms with van der Waals surface area (Å²) in [6, 6.07) is 0. The second-order valence-electron chi connectivity index (χ2n) is 3.79. The Labute approximate surface area is 103 Å². The van der Waals surface area contributed by atoms with E-state index in [9.17, 15) is 4.79 Å². The van der Waals surface area contributed by atoms with Gasteiger partial charge in [-0.05, 0) is 32.4 Å². The number of carboxylic acid groups (broad SMARTS) is 1. The van der Waals surface area contributed by atoms with Gasteiger partial charge in [0.05, 0.1) is 0 Å². The highest BCUT2D eigenvalue weighted by Gasteiger charge is 1.93. The molecule has 0 rings (SSSR count). The monoisotopic (exact) mass is 247 g/mol. The molecule has 17 heavy (non-hydrogen) atoms. The summed E-state index contributed by atoms with van der Waals surface area (Å²) in [6.07, 6.45) is 2.09. The molecule has 0 aliphatic carbocycles. The number of unbranched alkanes of at least 4 members (excludes halogenated alkanes) is 1. The zero-order valence-corrected chi connectivity index (χ0v) is 10.6. The molecule has 0 aromatic heterocycles. The summed E-state index contributed by atoms with van der Waals surface area (Å²) >= 11 is 0. The molecule has 0 fully saturated rings. The number of carbonyl (C=O) groups is 1. The second kappa shape index (κ2) is 13.2. The van der Waals surface area contributed by atoms with Crippen LogP contribution in [-0.2, 0) is 4.74 Å². The Morgan fingerprint density at radius 3 is 2.24 bits per heavy atom. The Kier molecular flexibility index (Phi) is 12.6. The molecule has 0 saturated carbocycles. The molecule has 0 saturated heterocycles. The fourth-order valence-electron chi connectivity index (χ4n) is 1.33. The van der Waals surface area contributed by atoms with Crippen molar-refractivity contribution in [2.45, 2.75) is 19.3 Å². The Balaban J connectivity index is 2.91. The van der Waals surface area contributed by atoms with Crippen molar-refractivity contribution in [1.29, 1.82) is 0 Å². The van der Waals surface area contributed by atoms with Crippen LogP contribution in [0, 0.1) is 0 Å². The lowest BCUT2D eigenvalue weighted by Crippen LogP contribution is -2.30. The third-order valence-electron chi connectivity index (χ3n) is 2.24. The lowest BCUT2D eigenvalue weighted by atomic mass is 10.3. The minimum absolute atomic E-state index is 0.507. The molecular weight excluding hydrogens is 222 g/mol. The predicted octanol–water partition coefficient (Wildman–Crippen LogP) is 0.250. The van der Waals surface area contributed by atoms with Gasteiger partial charge in [0.1, 0.15) is 0 Å². The van der Waals surface area contributed by atoms with Gasteiger partial charge < -0.3 is 25.8 Å². The van der Waals surface area contributed by atoms with Gasteiger partial charge in [0.2, 0.25) is 0 Å². The van der Waals surface area contributed by atoms with E-state index in [1.54, 1.807) is 7.11 Å². The third kappa shape index (κ3) is 15.1. The van der Waals surface area contributed by atoms with Crippen LogP contribution in [0.2, 0.25) is 0 Å². The Morgan fingerprint density at radius 2 is 1.65 bits per heavy atom. The summed E-state index contributed by atoms with van der Waals surface area (Å²) in [7, 11) is 1.72. The van der Waals surface area contributed by atoms with Crippen molar-refractivity contribution in [3.63, 3.8) is 0 Å². The van der Waals surface area contributed by atoms with Gasteiger partial charge in [0.15, 0.2) is 0 Å². The van der Waals surface area contributed by atoms with Gasteiger partial charge in [-0.25, -0.2) is 4.79 Å². The maximum atomic E-state index is 10.1.